The molecule has 4 aliphatic carbocycles. The molecule has 1 aliphatic heterocycles. The van der Waals surface area contributed by atoms with Crippen LogP contribution in [0, 0.1) is 29.1 Å². The van der Waals surface area contributed by atoms with Gasteiger partial charge in [-0.3, -0.25) is 14.5 Å². The van der Waals surface area contributed by atoms with Crippen LogP contribution in [0.2, 0.25) is 0 Å². The lowest BCUT2D eigenvalue weighted by Crippen LogP contribution is -2.46. The van der Waals surface area contributed by atoms with Crippen molar-refractivity contribution in [3.05, 3.63) is 41.5 Å². The fourth-order valence-electron chi connectivity index (χ4n) is 7.50. The Labute approximate surface area is 191 Å². The fourth-order valence-corrected chi connectivity index (χ4v) is 7.50. The van der Waals surface area contributed by atoms with Crippen LogP contribution in [0.15, 0.2) is 35.9 Å². The summed E-state index contributed by atoms with van der Waals surface area (Å²) in [4.78, 5) is 26.6. The number of amides is 2. The van der Waals surface area contributed by atoms with Crippen molar-refractivity contribution in [3.63, 3.8) is 0 Å². The highest BCUT2D eigenvalue weighted by molar-refractivity contribution is 5.99. The molecule has 3 N–H and O–H groups in total. The molecule has 32 heavy (non-hydrogen) atoms. The van der Waals surface area contributed by atoms with E-state index in [-0.39, 0.29) is 23.1 Å². The van der Waals surface area contributed by atoms with Crippen molar-refractivity contribution >= 4 is 17.5 Å². The molecule has 2 amide bonds. The van der Waals surface area contributed by atoms with Crippen LogP contribution in [0.3, 0.4) is 0 Å². The van der Waals surface area contributed by atoms with Gasteiger partial charge < -0.3 is 11.1 Å². The van der Waals surface area contributed by atoms with Crippen molar-refractivity contribution in [2.75, 3.05) is 18.4 Å². The Bertz CT molecular complexity index is 878. The quantitative estimate of drug-likeness (QED) is 0.647. The molecule has 0 aromatic heterocycles. The molecule has 0 atom stereocenters. The van der Waals surface area contributed by atoms with Gasteiger partial charge in [-0.05, 0) is 112 Å². The molecule has 5 aliphatic rings. The third-order valence-electron chi connectivity index (χ3n) is 8.81. The zero-order chi connectivity index (χ0) is 22.3. The Morgan fingerprint density at radius 2 is 1.72 bits per heavy atom. The van der Waals surface area contributed by atoms with Gasteiger partial charge in [0.2, 0.25) is 11.8 Å². The summed E-state index contributed by atoms with van der Waals surface area (Å²) in [6.45, 7) is 4.80. The highest BCUT2D eigenvalue weighted by Gasteiger charge is 2.51. The predicted octanol–water partition coefficient (Wildman–Crippen LogP) is 4.49. The summed E-state index contributed by atoms with van der Waals surface area (Å²) in [6, 6.07) is 8.16. The average Bonchev–Trinajstić information content (AvgIpc) is 2.73. The molecular formula is C27H37N3O2. The number of primary amides is 1. The summed E-state index contributed by atoms with van der Waals surface area (Å²) < 4.78 is 0. The number of likely N-dealkylation sites (tertiary alicyclic amines) is 1. The van der Waals surface area contributed by atoms with Gasteiger partial charge in [-0.2, -0.15) is 0 Å². The second-order valence-corrected chi connectivity index (χ2v) is 11.2. The summed E-state index contributed by atoms with van der Waals surface area (Å²) in [5.41, 5.74) is 9.06. The molecule has 5 fully saturated rings. The number of nitrogens with zero attached hydrogens (tertiary/aromatic N) is 1. The number of rotatable bonds is 6. The second-order valence-electron chi connectivity index (χ2n) is 11.2. The number of piperidine rings is 1. The van der Waals surface area contributed by atoms with E-state index in [1.54, 1.807) is 0 Å². The maximum absolute atomic E-state index is 12.9. The van der Waals surface area contributed by atoms with Gasteiger partial charge in [0, 0.05) is 24.2 Å². The predicted molar refractivity (Wildman–Crippen MR) is 127 cm³/mol. The van der Waals surface area contributed by atoms with Crippen molar-refractivity contribution in [3.8, 4) is 0 Å². The van der Waals surface area contributed by atoms with Gasteiger partial charge >= 0.3 is 0 Å². The molecule has 0 unspecified atom stereocenters. The molecule has 4 saturated carbocycles. The molecule has 0 spiro atoms. The minimum Gasteiger partial charge on any atom is -0.369 e. The molecule has 1 saturated heterocycles. The molecule has 1 aromatic rings. The Morgan fingerprint density at radius 3 is 2.31 bits per heavy atom. The third-order valence-corrected chi connectivity index (χ3v) is 8.81. The lowest BCUT2D eigenvalue weighted by Gasteiger charge is -2.57. The molecule has 172 valence electrons. The first kappa shape index (κ1) is 21.7. The van der Waals surface area contributed by atoms with E-state index in [0.29, 0.717) is 0 Å². The number of anilines is 1. The number of carbonyl (C=O) groups is 2. The highest BCUT2D eigenvalue weighted by atomic mass is 16.1. The number of hydrogen-bond donors (Lipinski definition) is 2. The van der Waals surface area contributed by atoms with Gasteiger partial charge in [0.25, 0.3) is 0 Å². The normalized spacial score (nSPS) is 32.8. The van der Waals surface area contributed by atoms with Crippen LogP contribution in [0.25, 0.3) is 0 Å². The van der Waals surface area contributed by atoms with Crippen LogP contribution < -0.4 is 11.1 Å². The highest BCUT2D eigenvalue weighted by Crippen LogP contribution is 2.62. The zero-order valence-corrected chi connectivity index (χ0v) is 19.3. The summed E-state index contributed by atoms with van der Waals surface area (Å²) in [5, 5.41) is 3.11. The number of nitrogens with two attached hydrogens (primary N) is 1. The third kappa shape index (κ3) is 4.50. The molecule has 1 heterocycles. The van der Waals surface area contributed by atoms with Crippen LogP contribution in [-0.4, -0.2) is 29.8 Å². The Kier molecular flexibility index (Phi) is 5.87. The first-order valence-corrected chi connectivity index (χ1v) is 12.5. The lowest BCUT2D eigenvalue weighted by atomic mass is 9.48. The molecule has 0 radical (unpaired) electrons. The molecule has 4 bridgehead atoms. The molecule has 5 heteroatoms. The summed E-state index contributed by atoms with van der Waals surface area (Å²) in [5.74, 6) is 2.50. The first-order chi connectivity index (χ1) is 15.4. The van der Waals surface area contributed by atoms with E-state index < -0.39 is 0 Å². The zero-order valence-electron chi connectivity index (χ0n) is 19.3. The number of benzene rings is 1. The van der Waals surface area contributed by atoms with Gasteiger partial charge in [-0.1, -0.05) is 17.7 Å². The molecule has 5 nitrogen and oxygen atoms in total. The average molecular weight is 436 g/mol. The van der Waals surface area contributed by atoms with Crippen LogP contribution in [0.4, 0.5) is 5.69 Å². The van der Waals surface area contributed by atoms with E-state index in [9.17, 15) is 9.59 Å². The minimum absolute atomic E-state index is 0.00216. The smallest absolute Gasteiger partial charge is 0.248 e. The summed E-state index contributed by atoms with van der Waals surface area (Å²) >= 11 is 0. The summed E-state index contributed by atoms with van der Waals surface area (Å²) in [6.07, 6.45) is 11.7. The van der Waals surface area contributed by atoms with E-state index in [4.69, 9.17) is 5.73 Å². The number of nitrogens with one attached hydrogen (secondary N) is 1. The molecular weight excluding hydrogens is 398 g/mol. The van der Waals surface area contributed by atoms with Gasteiger partial charge in [0.05, 0.1) is 0 Å². The standard InChI is InChI=1S/C27H37N3O2/c1-18(27-14-20-10-21(15-27)12-22(11-20)16-27)9-25(31)29-24-4-2-3-19(13-24)17-30-7-5-23(6-8-30)26(28)32/h2-4,9,13,20-23H,5-8,10-12,14-17H2,1H3,(H2,28,32)(H,29,31)/b18-9-. The SMILES string of the molecule is C/C(=C/C(=O)Nc1cccc(CN2CCC(C(N)=O)CC2)c1)C12CC3CC(CC(C3)C1)C2. The van der Waals surface area contributed by atoms with Crippen LogP contribution in [-0.2, 0) is 16.1 Å². The van der Waals surface area contributed by atoms with E-state index >= 15 is 0 Å². The van der Waals surface area contributed by atoms with Crippen LogP contribution in [0.5, 0.6) is 0 Å². The van der Waals surface area contributed by atoms with Crippen LogP contribution in [0.1, 0.15) is 63.9 Å². The van der Waals surface area contributed by atoms with Gasteiger partial charge in [0.15, 0.2) is 0 Å². The van der Waals surface area contributed by atoms with E-state index in [1.807, 2.05) is 18.2 Å². The topological polar surface area (TPSA) is 75.4 Å². The Hall–Kier alpha value is -2.14. The summed E-state index contributed by atoms with van der Waals surface area (Å²) in [7, 11) is 0. The van der Waals surface area contributed by atoms with E-state index in [1.165, 1.54) is 49.7 Å². The van der Waals surface area contributed by atoms with Crippen molar-refractivity contribution in [2.24, 2.45) is 34.8 Å². The number of carbonyl (C=O) groups excluding carboxylic acids is 2. The maximum atomic E-state index is 12.9. The number of hydrogen-bond acceptors (Lipinski definition) is 3. The monoisotopic (exact) mass is 435 g/mol. The van der Waals surface area contributed by atoms with Crippen molar-refractivity contribution in [1.29, 1.82) is 0 Å². The molecule has 1 aromatic carbocycles. The van der Waals surface area contributed by atoms with Crippen molar-refractivity contribution < 1.29 is 9.59 Å². The van der Waals surface area contributed by atoms with Crippen molar-refractivity contribution in [2.45, 2.75) is 64.8 Å². The minimum atomic E-state index is -0.175. The maximum Gasteiger partial charge on any atom is 0.248 e. The lowest BCUT2D eigenvalue weighted by molar-refractivity contribution is -0.123. The van der Waals surface area contributed by atoms with Crippen LogP contribution >= 0.6 is 0 Å². The van der Waals surface area contributed by atoms with Crippen molar-refractivity contribution in [1.82, 2.24) is 4.90 Å². The van der Waals surface area contributed by atoms with Gasteiger partial charge in [0.1, 0.15) is 0 Å². The Morgan fingerprint density at radius 1 is 1.09 bits per heavy atom. The number of allylic oxidation sites excluding steroid dienone is 1. The largest absolute Gasteiger partial charge is 0.369 e. The van der Waals surface area contributed by atoms with E-state index in [2.05, 4.69) is 29.3 Å². The van der Waals surface area contributed by atoms with Gasteiger partial charge in [-0.15, -0.1) is 0 Å². The Balaban J connectivity index is 1.19. The molecule has 6 rings (SSSR count). The fraction of sp³-hybridized carbons (Fsp3) is 0.630. The first-order valence-electron chi connectivity index (χ1n) is 12.5. The van der Waals surface area contributed by atoms with E-state index in [0.717, 1.165) is 55.9 Å². The second kappa shape index (κ2) is 8.66. The van der Waals surface area contributed by atoms with Gasteiger partial charge in [-0.25, -0.2) is 0 Å².